The molecule has 0 amide bonds. The minimum absolute atomic E-state index is 0.486. The van der Waals surface area contributed by atoms with Gasteiger partial charge in [-0.25, -0.2) is 0 Å². The molecule has 0 bridgehead atoms. The van der Waals surface area contributed by atoms with Crippen LogP contribution in [-0.2, 0) is 0 Å². The summed E-state index contributed by atoms with van der Waals surface area (Å²) in [5.74, 6) is 0. The van der Waals surface area contributed by atoms with Crippen LogP contribution >= 0.6 is 0 Å². The van der Waals surface area contributed by atoms with Crippen molar-refractivity contribution in [2.75, 3.05) is 0 Å². The summed E-state index contributed by atoms with van der Waals surface area (Å²) in [7, 11) is 0. The van der Waals surface area contributed by atoms with E-state index >= 15 is 0 Å². The Morgan fingerprint density at radius 1 is 1.06 bits per heavy atom. The molecule has 0 unspecified atom stereocenters. The molecule has 0 fully saturated rings. The van der Waals surface area contributed by atoms with Crippen LogP contribution in [0.3, 0.4) is 0 Å². The van der Waals surface area contributed by atoms with Crippen molar-refractivity contribution >= 4 is 24.7 Å². The van der Waals surface area contributed by atoms with Gasteiger partial charge in [0.25, 0.3) is 0 Å². The molecule has 17 heavy (non-hydrogen) atoms. The first-order valence-corrected chi connectivity index (χ1v) is 9.46. The van der Waals surface area contributed by atoms with Crippen molar-refractivity contribution in [3.63, 3.8) is 0 Å². The molecule has 0 aliphatic rings. The zero-order valence-corrected chi connectivity index (χ0v) is 12.9. The average Bonchev–Trinajstić information content (AvgIpc) is 2.41. The molecule has 2 aromatic rings. The van der Waals surface area contributed by atoms with E-state index < -0.39 is 21.1 Å². The van der Waals surface area contributed by atoms with Crippen LogP contribution in [0.15, 0.2) is 42.7 Å². The Morgan fingerprint density at radius 2 is 1.94 bits per heavy atom. The second kappa shape index (κ2) is 6.74. The second-order valence-electron chi connectivity index (χ2n) is 3.89. The molecule has 2 rings (SSSR count). The molecule has 2 radical (unpaired) electrons. The van der Waals surface area contributed by atoms with E-state index in [-0.39, 0.29) is 0 Å². The number of nitrogens with zero attached hydrogens (tertiary/aromatic N) is 2. The van der Waals surface area contributed by atoms with E-state index in [1.165, 1.54) is 20.9 Å². The van der Waals surface area contributed by atoms with Crippen LogP contribution in [-0.4, -0.2) is 31.1 Å². The van der Waals surface area contributed by atoms with Crippen LogP contribution in [0.1, 0.15) is 19.8 Å². The van der Waals surface area contributed by atoms with Gasteiger partial charge in [0, 0.05) is 0 Å². The Balaban J connectivity index is 2.22. The molecular weight excluding hydrogens is 315 g/mol. The number of hydrogen-bond acceptors (Lipinski definition) is 2. The van der Waals surface area contributed by atoms with Gasteiger partial charge in [-0.1, -0.05) is 0 Å². The quantitative estimate of drug-likeness (QED) is 0.622. The zero-order chi connectivity index (χ0) is 11.9. The van der Waals surface area contributed by atoms with E-state index in [2.05, 4.69) is 29.0 Å². The van der Waals surface area contributed by atoms with Crippen LogP contribution in [0.5, 0.6) is 0 Å². The summed E-state index contributed by atoms with van der Waals surface area (Å²) in [6.07, 6.45) is 6.35. The summed E-state index contributed by atoms with van der Waals surface area (Å²) in [5, 5.41) is 0. The van der Waals surface area contributed by atoms with E-state index in [4.69, 9.17) is 0 Å². The van der Waals surface area contributed by atoms with Gasteiger partial charge in [-0.3, -0.25) is 0 Å². The maximum atomic E-state index is 4.51. The van der Waals surface area contributed by atoms with Crippen LogP contribution in [0, 0.1) is 0 Å². The summed E-state index contributed by atoms with van der Waals surface area (Å²) in [4.78, 5) is 8.91. The number of rotatable bonds is 5. The van der Waals surface area contributed by atoms with Crippen molar-refractivity contribution < 1.29 is 0 Å². The normalized spacial score (nSPS) is 10.4. The molecule has 0 aromatic carbocycles. The van der Waals surface area contributed by atoms with Gasteiger partial charge in [0.15, 0.2) is 0 Å². The molecule has 0 spiro atoms. The monoisotopic (exact) mass is 332 g/mol. The third kappa shape index (κ3) is 3.53. The summed E-state index contributed by atoms with van der Waals surface area (Å²) >= 11 is -0.486. The van der Waals surface area contributed by atoms with E-state index in [9.17, 15) is 0 Å². The van der Waals surface area contributed by atoms with Crippen molar-refractivity contribution in [2.24, 2.45) is 0 Å². The molecule has 3 heteroatoms. The van der Waals surface area contributed by atoms with Crippen molar-refractivity contribution in [3.8, 4) is 11.4 Å². The molecule has 2 aromatic heterocycles. The van der Waals surface area contributed by atoms with E-state index in [0.717, 1.165) is 11.4 Å². The Labute approximate surface area is 113 Å². The van der Waals surface area contributed by atoms with Crippen LogP contribution in [0.25, 0.3) is 11.4 Å². The first kappa shape index (κ1) is 12.6. The van der Waals surface area contributed by atoms with Gasteiger partial charge in [0.05, 0.1) is 0 Å². The van der Waals surface area contributed by atoms with E-state index in [1.807, 2.05) is 30.6 Å². The molecule has 86 valence electrons. The number of unbranched alkanes of at least 4 members (excludes halogenated alkanes) is 1. The summed E-state index contributed by atoms with van der Waals surface area (Å²) in [5.41, 5.74) is 2.12. The Bertz CT molecular complexity index is 457. The molecule has 0 saturated heterocycles. The second-order valence-corrected chi connectivity index (χ2v) is 7.87. The fourth-order valence-electron chi connectivity index (χ4n) is 1.65. The average molecular weight is 331 g/mol. The molecule has 0 aliphatic heterocycles. The van der Waals surface area contributed by atoms with Crippen LogP contribution in [0.2, 0.25) is 4.44 Å². The number of pyridine rings is 2. The molecule has 0 saturated carbocycles. The minimum atomic E-state index is -0.486. The molecule has 2 heterocycles. The zero-order valence-electron chi connectivity index (χ0n) is 10.1. The van der Waals surface area contributed by atoms with E-state index in [1.54, 1.807) is 0 Å². The van der Waals surface area contributed by atoms with Gasteiger partial charge in [-0.05, 0) is 0 Å². The van der Waals surface area contributed by atoms with Gasteiger partial charge in [0.2, 0.25) is 0 Å². The summed E-state index contributed by atoms with van der Waals surface area (Å²) < 4.78 is 2.87. The van der Waals surface area contributed by atoms with Crippen LogP contribution in [0.4, 0.5) is 0 Å². The van der Waals surface area contributed by atoms with Crippen molar-refractivity contribution in [1.82, 2.24) is 9.97 Å². The third-order valence-electron chi connectivity index (χ3n) is 2.56. The van der Waals surface area contributed by atoms with Gasteiger partial charge < -0.3 is 0 Å². The van der Waals surface area contributed by atoms with Crippen molar-refractivity contribution in [3.05, 3.63) is 42.7 Å². The van der Waals surface area contributed by atoms with Gasteiger partial charge >= 0.3 is 113 Å². The van der Waals surface area contributed by atoms with E-state index in [0.29, 0.717) is 0 Å². The Morgan fingerprint density at radius 3 is 2.71 bits per heavy atom. The van der Waals surface area contributed by atoms with Gasteiger partial charge in [-0.2, -0.15) is 0 Å². The molecule has 0 N–H and O–H groups in total. The SMILES string of the molecule is CCC[CH2][Sn][c]1cccnc1-c1ccccn1. The number of hydrogen-bond donors (Lipinski definition) is 0. The Kier molecular flexibility index (Phi) is 4.98. The molecule has 2 nitrogen and oxygen atoms in total. The van der Waals surface area contributed by atoms with Crippen molar-refractivity contribution in [1.29, 1.82) is 0 Å². The fourth-order valence-corrected chi connectivity index (χ4v) is 5.58. The summed E-state index contributed by atoms with van der Waals surface area (Å²) in [6.45, 7) is 2.25. The van der Waals surface area contributed by atoms with Gasteiger partial charge in [0.1, 0.15) is 0 Å². The van der Waals surface area contributed by atoms with Gasteiger partial charge in [-0.15, -0.1) is 0 Å². The maximum absolute atomic E-state index is 4.51. The third-order valence-corrected chi connectivity index (χ3v) is 6.52. The predicted octanol–water partition coefficient (Wildman–Crippen LogP) is 2.69. The fraction of sp³-hybridized carbons (Fsp3) is 0.286. The first-order chi connectivity index (χ1) is 8.42. The Hall–Kier alpha value is -0.901. The topological polar surface area (TPSA) is 25.8 Å². The molecule has 0 aliphatic carbocycles. The van der Waals surface area contributed by atoms with Crippen molar-refractivity contribution in [2.45, 2.75) is 24.2 Å². The van der Waals surface area contributed by atoms with Crippen LogP contribution < -0.4 is 3.58 Å². The number of aromatic nitrogens is 2. The predicted molar refractivity (Wildman–Crippen MR) is 72.6 cm³/mol. The molecule has 0 atom stereocenters. The molecular formula is C14H16N2Sn. The summed E-state index contributed by atoms with van der Waals surface area (Å²) in [6, 6.07) is 10.3. The first-order valence-electron chi connectivity index (χ1n) is 6.02. The standard InChI is InChI=1S/C10H7N2.C4H9.Sn/c1-3-7-11-9(5-1)10-6-2-4-8-12-10;1-3-4-2;/h1-5,7-8H;1,3-4H2,2H3;.